The zero-order chi connectivity index (χ0) is 9.03. The highest BCUT2D eigenvalue weighted by Crippen LogP contribution is 2.39. The van der Waals surface area contributed by atoms with Crippen LogP contribution in [-0.4, -0.2) is 26.0 Å². The molecule has 0 spiro atoms. The first kappa shape index (κ1) is 9.52. The van der Waals surface area contributed by atoms with E-state index < -0.39 is 0 Å². The minimum atomic E-state index is 0.0809. The number of rotatable bonds is 4. The summed E-state index contributed by atoms with van der Waals surface area (Å²) in [6.07, 6.45) is 3.80. The molecule has 1 aliphatic rings. The Labute approximate surface area is 73.9 Å². The Hall–Kier alpha value is -0.570. The van der Waals surface area contributed by atoms with Gasteiger partial charge in [0.1, 0.15) is 0 Å². The highest BCUT2D eigenvalue weighted by Gasteiger charge is 2.35. The molecule has 1 rings (SSSR count). The van der Waals surface area contributed by atoms with Gasteiger partial charge in [-0.1, -0.05) is 6.42 Å². The van der Waals surface area contributed by atoms with Gasteiger partial charge in [-0.3, -0.25) is 4.79 Å². The molecular formula is C9H18N2O. The first-order chi connectivity index (χ1) is 5.68. The lowest BCUT2D eigenvalue weighted by Gasteiger charge is -2.41. The van der Waals surface area contributed by atoms with Gasteiger partial charge < -0.3 is 10.6 Å². The highest BCUT2D eigenvalue weighted by atomic mass is 16.1. The second kappa shape index (κ2) is 3.90. The molecule has 0 radical (unpaired) electrons. The van der Waals surface area contributed by atoms with Crippen molar-refractivity contribution in [2.24, 2.45) is 5.41 Å². The number of carbonyl (C=O) groups excluding carboxylic acids is 1. The van der Waals surface area contributed by atoms with Crippen molar-refractivity contribution < 1.29 is 4.79 Å². The summed E-state index contributed by atoms with van der Waals surface area (Å²) in [4.78, 5) is 10.7. The molecule has 0 unspecified atom stereocenters. The summed E-state index contributed by atoms with van der Waals surface area (Å²) in [5.74, 6) is 0.0809. The predicted molar refractivity (Wildman–Crippen MR) is 48.9 cm³/mol. The number of carbonyl (C=O) groups is 1. The summed E-state index contributed by atoms with van der Waals surface area (Å²) >= 11 is 0. The quantitative estimate of drug-likeness (QED) is 0.645. The van der Waals surface area contributed by atoms with E-state index in [0.29, 0.717) is 5.41 Å². The fourth-order valence-corrected chi connectivity index (χ4v) is 1.78. The van der Waals surface area contributed by atoms with E-state index in [0.717, 1.165) is 13.1 Å². The maximum atomic E-state index is 10.7. The minimum absolute atomic E-state index is 0.0809. The van der Waals surface area contributed by atoms with Crippen LogP contribution in [0.3, 0.4) is 0 Å². The van der Waals surface area contributed by atoms with Gasteiger partial charge >= 0.3 is 0 Å². The maximum absolute atomic E-state index is 10.7. The molecular weight excluding hydrogens is 152 g/mol. The molecule has 2 N–H and O–H groups in total. The summed E-state index contributed by atoms with van der Waals surface area (Å²) in [6, 6.07) is 0. The van der Waals surface area contributed by atoms with E-state index in [1.807, 2.05) is 7.05 Å². The molecule has 70 valence electrons. The van der Waals surface area contributed by atoms with Gasteiger partial charge in [-0.15, -0.1) is 0 Å². The fraction of sp³-hybridized carbons (Fsp3) is 0.889. The largest absolute Gasteiger partial charge is 0.356 e. The van der Waals surface area contributed by atoms with Crippen molar-refractivity contribution in [2.75, 3.05) is 20.1 Å². The van der Waals surface area contributed by atoms with Crippen LogP contribution in [0.5, 0.6) is 0 Å². The Morgan fingerprint density at radius 3 is 2.42 bits per heavy atom. The smallest absolute Gasteiger partial charge is 0.216 e. The van der Waals surface area contributed by atoms with Crippen molar-refractivity contribution in [3.8, 4) is 0 Å². The molecule has 12 heavy (non-hydrogen) atoms. The number of hydrogen-bond acceptors (Lipinski definition) is 2. The third-order valence-corrected chi connectivity index (χ3v) is 2.68. The summed E-state index contributed by atoms with van der Waals surface area (Å²) in [5.41, 5.74) is 0.362. The molecule has 1 amide bonds. The summed E-state index contributed by atoms with van der Waals surface area (Å²) in [5, 5.41) is 6.08. The predicted octanol–water partition coefficient (Wildman–Crippen LogP) is 0.512. The van der Waals surface area contributed by atoms with Gasteiger partial charge in [0.2, 0.25) is 5.91 Å². The second-order valence-corrected chi connectivity index (χ2v) is 3.79. The standard InChI is InChI=1S/C9H18N2O/c1-8(12)11-7-9(6-10-2)4-3-5-9/h10H,3-7H2,1-2H3,(H,11,12). The van der Waals surface area contributed by atoms with Crippen LogP contribution in [0.25, 0.3) is 0 Å². The van der Waals surface area contributed by atoms with E-state index >= 15 is 0 Å². The van der Waals surface area contributed by atoms with Gasteiger partial charge in [-0.2, -0.15) is 0 Å². The van der Waals surface area contributed by atoms with Gasteiger partial charge in [-0.25, -0.2) is 0 Å². The molecule has 3 heteroatoms. The van der Waals surface area contributed by atoms with Gasteiger partial charge in [0.05, 0.1) is 0 Å². The van der Waals surface area contributed by atoms with E-state index in [1.54, 1.807) is 6.92 Å². The Balaban J connectivity index is 2.29. The van der Waals surface area contributed by atoms with Crippen LogP contribution in [0.2, 0.25) is 0 Å². The molecule has 0 atom stereocenters. The molecule has 0 heterocycles. The zero-order valence-electron chi connectivity index (χ0n) is 7.94. The Morgan fingerprint density at radius 2 is 2.08 bits per heavy atom. The first-order valence-electron chi connectivity index (χ1n) is 4.58. The lowest BCUT2D eigenvalue weighted by Crippen LogP contribution is -2.47. The van der Waals surface area contributed by atoms with Gasteiger partial charge in [0.15, 0.2) is 0 Å². The average molecular weight is 170 g/mol. The molecule has 0 saturated heterocycles. The molecule has 3 nitrogen and oxygen atoms in total. The van der Waals surface area contributed by atoms with Crippen LogP contribution in [0.4, 0.5) is 0 Å². The van der Waals surface area contributed by atoms with Crippen LogP contribution in [-0.2, 0) is 4.79 Å². The van der Waals surface area contributed by atoms with Gasteiger partial charge in [0.25, 0.3) is 0 Å². The van der Waals surface area contributed by atoms with Crippen LogP contribution >= 0.6 is 0 Å². The Kier molecular flexibility index (Phi) is 3.09. The van der Waals surface area contributed by atoms with Crippen molar-refractivity contribution >= 4 is 5.91 Å². The van der Waals surface area contributed by atoms with E-state index in [2.05, 4.69) is 10.6 Å². The van der Waals surface area contributed by atoms with E-state index in [9.17, 15) is 4.79 Å². The normalized spacial score (nSPS) is 19.8. The Bertz CT molecular complexity index is 164. The summed E-state index contributed by atoms with van der Waals surface area (Å²) in [7, 11) is 1.97. The van der Waals surface area contributed by atoms with Crippen molar-refractivity contribution in [2.45, 2.75) is 26.2 Å². The number of amides is 1. The van der Waals surface area contributed by atoms with Crippen molar-refractivity contribution in [1.82, 2.24) is 10.6 Å². The Morgan fingerprint density at radius 1 is 1.42 bits per heavy atom. The topological polar surface area (TPSA) is 41.1 Å². The second-order valence-electron chi connectivity index (χ2n) is 3.79. The van der Waals surface area contributed by atoms with Crippen molar-refractivity contribution in [3.63, 3.8) is 0 Å². The first-order valence-corrected chi connectivity index (χ1v) is 4.58. The number of nitrogens with one attached hydrogen (secondary N) is 2. The highest BCUT2D eigenvalue weighted by molar-refractivity contribution is 5.72. The molecule has 0 aromatic heterocycles. The van der Waals surface area contributed by atoms with Crippen molar-refractivity contribution in [3.05, 3.63) is 0 Å². The van der Waals surface area contributed by atoms with Crippen LogP contribution in [0.1, 0.15) is 26.2 Å². The average Bonchev–Trinajstić information content (AvgIpc) is 1.94. The molecule has 1 saturated carbocycles. The fourth-order valence-electron chi connectivity index (χ4n) is 1.78. The molecule has 1 fully saturated rings. The van der Waals surface area contributed by atoms with Crippen LogP contribution in [0, 0.1) is 5.41 Å². The third-order valence-electron chi connectivity index (χ3n) is 2.68. The lowest BCUT2D eigenvalue weighted by atomic mass is 9.68. The molecule has 0 bridgehead atoms. The van der Waals surface area contributed by atoms with Crippen LogP contribution in [0.15, 0.2) is 0 Å². The van der Waals surface area contributed by atoms with E-state index in [4.69, 9.17) is 0 Å². The maximum Gasteiger partial charge on any atom is 0.216 e. The van der Waals surface area contributed by atoms with E-state index in [1.165, 1.54) is 19.3 Å². The monoisotopic (exact) mass is 170 g/mol. The molecule has 0 aliphatic heterocycles. The van der Waals surface area contributed by atoms with Gasteiger partial charge in [0, 0.05) is 25.4 Å². The molecule has 0 aromatic rings. The van der Waals surface area contributed by atoms with Gasteiger partial charge in [-0.05, 0) is 19.9 Å². The minimum Gasteiger partial charge on any atom is -0.356 e. The molecule has 1 aliphatic carbocycles. The molecule has 0 aromatic carbocycles. The number of hydrogen-bond donors (Lipinski definition) is 2. The van der Waals surface area contributed by atoms with Crippen LogP contribution < -0.4 is 10.6 Å². The lowest BCUT2D eigenvalue weighted by molar-refractivity contribution is -0.119. The summed E-state index contributed by atoms with van der Waals surface area (Å²) < 4.78 is 0. The van der Waals surface area contributed by atoms with E-state index in [-0.39, 0.29) is 5.91 Å². The van der Waals surface area contributed by atoms with Crippen molar-refractivity contribution in [1.29, 1.82) is 0 Å². The summed E-state index contributed by atoms with van der Waals surface area (Å²) in [6.45, 7) is 3.43. The zero-order valence-corrected chi connectivity index (χ0v) is 7.94. The third kappa shape index (κ3) is 2.21. The SMILES string of the molecule is CNCC1(CNC(C)=O)CCC1.